The van der Waals surface area contributed by atoms with Crippen LogP contribution in [0.5, 0.6) is 0 Å². The molecule has 2 nitrogen and oxygen atoms in total. The molecule has 9 aromatic rings. The van der Waals surface area contributed by atoms with Gasteiger partial charge >= 0.3 is 0 Å². The van der Waals surface area contributed by atoms with Gasteiger partial charge in [0.15, 0.2) is 0 Å². The van der Waals surface area contributed by atoms with E-state index in [4.69, 9.17) is 0 Å². The maximum Gasteiger partial charge on any atom is 0.0726 e. The molecule has 0 unspecified atom stereocenters. The van der Waals surface area contributed by atoms with Crippen molar-refractivity contribution in [1.82, 2.24) is 9.97 Å². The van der Waals surface area contributed by atoms with Crippen LogP contribution in [0.25, 0.3) is 75.8 Å². The van der Waals surface area contributed by atoms with Crippen LogP contribution < -0.4 is 0 Å². The van der Waals surface area contributed by atoms with Gasteiger partial charge in [-0.3, -0.25) is 9.97 Å². The predicted octanol–water partition coefficient (Wildman–Crippen LogP) is 12.2. The SMILES string of the molecule is c1ccc2c(c1)-c1ccc(-c3ccncc3)cc1C1(c3cc(-c4ccncc4)ccc3-2)c2ccccc2-c2c1ccc1c2sc2ccccc21. The van der Waals surface area contributed by atoms with E-state index in [1.165, 1.54) is 86.9 Å². The molecule has 1 spiro atoms. The minimum Gasteiger partial charge on any atom is -0.265 e. The Morgan fingerprint density at radius 2 is 0.940 bits per heavy atom. The van der Waals surface area contributed by atoms with Gasteiger partial charge in [-0.05, 0) is 115 Å². The summed E-state index contributed by atoms with van der Waals surface area (Å²) in [4.78, 5) is 8.69. The van der Waals surface area contributed by atoms with Crippen molar-refractivity contribution in [2.45, 2.75) is 5.41 Å². The van der Waals surface area contributed by atoms with Crippen LogP contribution in [0.2, 0.25) is 0 Å². The van der Waals surface area contributed by atoms with Crippen LogP contribution in [0.3, 0.4) is 0 Å². The topological polar surface area (TPSA) is 25.8 Å². The lowest BCUT2D eigenvalue weighted by molar-refractivity contribution is 0.777. The van der Waals surface area contributed by atoms with Crippen molar-refractivity contribution in [2.75, 3.05) is 0 Å². The smallest absolute Gasteiger partial charge is 0.0726 e. The molecule has 0 radical (unpaired) electrons. The highest BCUT2D eigenvalue weighted by Gasteiger charge is 2.50. The zero-order valence-corrected chi connectivity index (χ0v) is 27.8. The van der Waals surface area contributed by atoms with Gasteiger partial charge in [-0.2, -0.15) is 0 Å². The molecule has 50 heavy (non-hydrogen) atoms. The van der Waals surface area contributed by atoms with E-state index in [2.05, 4.69) is 156 Å². The number of hydrogen-bond acceptors (Lipinski definition) is 3. The number of benzene rings is 6. The maximum absolute atomic E-state index is 4.35. The summed E-state index contributed by atoms with van der Waals surface area (Å²) in [6.45, 7) is 0. The second-order valence-corrected chi connectivity index (χ2v) is 14.3. The van der Waals surface area contributed by atoms with Crippen molar-refractivity contribution in [3.8, 4) is 55.6 Å². The van der Waals surface area contributed by atoms with E-state index in [-0.39, 0.29) is 0 Å². The van der Waals surface area contributed by atoms with Gasteiger partial charge < -0.3 is 0 Å². The minimum absolute atomic E-state index is 0.591. The van der Waals surface area contributed by atoms with Gasteiger partial charge in [-0.25, -0.2) is 0 Å². The molecule has 3 aromatic heterocycles. The molecule has 232 valence electrons. The maximum atomic E-state index is 4.35. The van der Waals surface area contributed by atoms with E-state index in [1.54, 1.807) is 0 Å². The molecule has 0 saturated carbocycles. The Morgan fingerprint density at radius 1 is 0.380 bits per heavy atom. The summed E-state index contributed by atoms with van der Waals surface area (Å²) in [7, 11) is 0. The minimum atomic E-state index is -0.591. The number of hydrogen-bond donors (Lipinski definition) is 0. The first-order valence-electron chi connectivity index (χ1n) is 17.0. The first-order valence-corrected chi connectivity index (χ1v) is 17.9. The second-order valence-electron chi connectivity index (χ2n) is 13.3. The average molecular weight is 653 g/mol. The summed E-state index contributed by atoms with van der Waals surface area (Å²) in [5.41, 5.74) is 17.1. The van der Waals surface area contributed by atoms with Crippen LogP contribution in [0.1, 0.15) is 22.3 Å². The zero-order valence-electron chi connectivity index (χ0n) is 27.0. The fourth-order valence-electron chi connectivity index (χ4n) is 8.85. The van der Waals surface area contributed by atoms with Gasteiger partial charge in [0, 0.05) is 50.5 Å². The number of rotatable bonds is 2. The number of aromatic nitrogens is 2. The summed E-state index contributed by atoms with van der Waals surface area (Å²) in [5.74, 6) is 0. The second kappa shape index (κ2) is 10.4. The van der Waals surface area contributed by atoms with E-state index in [0.29, 0.717) is 0 Å². The van der Waals surface area contributed by atoms with Crippen molar-refractivity contribution in [2.24, 2.45) is 0 Å². The highest BCUT2D eigenvalue weighted by atomic mass is 32.1. The van der Waals surface area contributed by atoms with Gasteiger partial charge in [0.2, 0.25) is 0 Å². The lowest BCUT2D eigenvalue weighted by atomic mass is 9.65. The van der Waals surface area contributed by atoms with E-state index in [1.807, 2.05) is 36.1 Å². The molecule has 6 aromatic carbocycles. The van der Waals surface area contributed by atoms with Crippen molar-refractivity contribution < 1.29 is 0 Å². The Labute approximate surface area is 294 Å². The number of nitrogens with zero attached hydrogens (tertiary/aromatic N) is 2. The highest BCUT2D eigenvalue weighted by Crippen LogP contribution is 2.64. The molecule has 0 atom stereocenters. The van der Waals surface area contributed by atoms with Crippen LogP contribution in [-0.4, -0.2) is 9.97 Å². The first kappa shape index (κ1) is 27.8. The van der Waals surface area contributed by atoms with Gasteiger partial charge in [0.05, 0.1) is 5.41 Å². The third-order valence-electron chi connectivity index (χ3n) is 10.9. The van der Waals surface area contributed by atoms with Gasteiger partial charge in [-0.1, -0.05) is 103 Å². The Kier molecular flexibility index (Phi) is 5.78. The van der Waals surface area contributed by atoms with Gasteiger partial charge in [-0.15, -0.1) is 11.3 Å². The highest BCUT2D eigenvalue weighted by molar-refractivity contribution is 7.26. The number of thiophene rings is 1. The Balaban J connectivity index is 1.36. The first-order chi connectivity index (χ1) is 24.8. The summed E-state index contributed by atoms with van der Waals surface area (Å²) in [5, 5.41) is 2.65. The fraction of sp³-hybridized carbons (Fsp3) is 0.0213. The van der Waals surface area contributed by atoms with Crippen LogP contribution in [-0.2, 0) is 5.41 Å². The molecule has 2 aliphatic carbocycles. The van der Waals surface area contributed by atoms with E-state index in [0.717, 1.165) is 11.1 Å². The Bertz CT molecular complexity index is 2700. The normalized spacial score (nSPS) is 13.4. The molecule has 11 rings (SSSR count). The Morgan fingerprint density at radius 3 is 1.58 bits per heavy atom. The third-order valence-corrected chi connectivity index (χ3v) is 12.1. The lowest BCUT2D eigenvalue weighted by Gasteiger charge is -2.36. The van der Waals surface area contributed by atoms with Crippen molar-refractivity contribution in [3.05, 3.63) is 193 Å². The molecule has 3 heterocycles. The van der Waals surface area contributed by atoms with Gasteiger partial charge in [0.25, 0.3) is 0 Å². The van der Waals surface area contributed by atoms with E-state index < -0.39 is 5.41 Å². The molecule has 3 heteroatoms. The largest absolute Gasteiger partial charge is 0.265 e. The molecule has 0 N–H and O–H groups in total. The van der Waals surface area contributed by atoms with Crippen LogP contribution >= 0.6 is 11.3 Å². The molecule has 0 bridgehead atoms. The molecule has 0 fully saturated rings. The van der Waals surface area contributed by atoms with Crippen molar-refractivity contribution in [1.29, 1.82) is 0 Å². The molecule has 2 aliphatic rings. The van der Waals surface area contributed by atoms with E-state index in [9.17, 15) is 0 Å². The predicted molar refractivity (Wildman–Crippen MR) is 208 cm³/mol. The molecular weight excluding hydrogens is 625 g/mol. The third kappa shape index (κ3) is 3.67. The standard InChI is InChI=1S/C47H28N2S/c1-2-8-34-33(7-1)35-15-13-31(29-19-23-48-24-20-29)27-42(35)47(43-28-32(14-16-36(34)43)30-21-25-49-26-22-30)40-11-5-3-10-39(40)45-41(47)18-17-38-37-9-4-6-12-44(37)50-46(38)45/h1-28H. The van der Waals surface area contributed by atoms with Gasteiger partial charge in [0.1, 0.15) is 0 Å². The summed E-state index contributed by atoms with van der Waals surface area (Å²) >= 11 is 1.92. The number of fused-ring (bicyclic) bond motifs is 16. The molecule has 0 aliphatic heterocycles. The molecular formula is C47H28N2S. The fourth-order valence-corrected chi connectivity index (χ4v) is 10.1. The van der Waals surface area contributed by atoms with Crippen molar-refractivity contribution in [3.63, 3.8) is 0 Å². The van der Waals surface area contributed by atoms with Crippen LogP contribution in [0.15, 0.2) is 170 Å². The summed E-state index contributed by atoms with van der Waals surface area (Å²) in [6.07, 6.45) is 7.56. The lowest BCUT2D eigenvalue weighted by Crippen LogP contribution is -2.29. The summed E-state index contributed by atoms with van der Waals surface area (Å²) in [6, 6.07) is 54.5. The zero-order chi connectivity index (χ0) is 32.8. The molecule has 0 amide bonds. The van der Waals surface area contributed by atoms with Crippen LogP contribution in [0, 0.1) is 0 Å². The molecule has 0 saturated heterocycles. The van der Waals surface area contributed by atoms with Crippen molar-refractivity contribution >= 4 is 31.5 Å². The number of pyridine rings is 2. The van der Waals surface area contributed by atoms with E-state index >= 15 is 0 Å². The Hall–Kier alpha value is -6.16. The van der Waals surface area contributed by atoms with Crippen LogP contribution in [0.4, 0.5) is 0 Å². The quantitative estimate of drug-likeness (QED) is 0.186. The summed E-state index contributed by atoms with van der Waals surface area (Å²) < 4.78 is 2.68. The monoisotopic (exact) mass is 652 g/mol. The average Bonchev–Trinajstić information content (AvgIpc) is 3.69.